The second kappa shape index (κ2) is 10.6. The number of benzene rings is 1. The monoisotopic (exact) mass is 409 g/mol. The van der Waals surface area contributed by atoms with E-state index in [1.807, 2.05) is 0 Å². The van der Waals surface area contributed by atoms with Crippen LogP contribution in [0.1, 0.15) is 17.3 Å². The fourth-order valence-electron chi connectivity index (χ4n) is 2.83. The van der Waals surface area contributed by atoms with Crippen molar-refractivity contribution in [3.63, 3.8) is 0 Å². The summed E-state index contributed by atoms with van der Waals surface area (Å²) in [6.45, 7) is 5.18. The van der Waals surface area contributed by atoms with Gasteiger partial charge >= 0.3 is 5.97 Å². The van der Waals surface area contributed by atoms with E-state index < -0.39 is 35.6 Å². The van der Waals surface area contributed by atoms with E-state index in [0.29, 0.717) is 13.1 Å². The molecule has 0 unspecified atom stereocenters. The normalized spacial score (nSPS) is 16.3. The first-order chi connectivity index (χ1) is 13.8. The quantitative estimate of drug-likeness (QED) is 0.184. The number of carbonyl (C=O) groups excluding carboxylic acids is 2. The minimum Gasteiger partial charge on any atom is -0.454 e. The summed E-state index contributed by atoms with van der Waals surface area (Å²) in [7, 11) is 0. The molecule has 0 atom stereocenters. The van der Waals surface area contributed by atoms with Crippen molar-refractivity contribution in [3.8, 4) is 0 Å². The lowest BCUT2D eigenvalue weighted by Crippen LogP contribution is -2.44. The first-order valence-electron chi connectivity index (χ1n) is 9.15. The predicted octanol–water partition coefficient (Wildman–Crippen LogP) is 0.186. The molecule has 10 heteroatoms. The number of Topliss-reactive ketones (excluding diaryl/α,β-unsaturated/α-hetero) is 1. The van der Waals surface area contributed by atoms with Gasteiger partial charge in [-0.15, -0.1) is 0 Å². The number of nitrogens with one attached hydrogen (secondary N) is 1. The highest BCUT2D eigenvalue weighted by Gasteiger charge is 2.22. The van der Waals surface area contributed by atoms with Crippen LogP contribution in [0.25, 0.3) is 0 Å². The lowest BCUT2D eigenvalue weighted by atomic mass is 10.1. The van der Waals surface area contributed by atoms with Crippen molar-refractivity contribution in [2.45, 2.75) is 6.92 Å². The van der Waals surface area contributed by atoms with Crippen LogP contribution in [0.3, 0.4) is 0 Å². The first kappa shape index (κ1) is 22.4. The standard InChI is InChI=1S/C19H25F2N5O3/c1-12(22)16(18(23)25-7-10-26-8-5-24-6-9-26)19(28)29-11-15(27)17-13(20)3-2-4-14(17)21/h2-4,24H,5-11,22H2,1H3,(H2,23,25)/b16-12+. The Labute approximate surface area is 167 Å². The van der Waals surface area contributed by atoms with Gasteiger partial charge in [0.1, 0.15) is 23.0 Å². The van der Waals surface area contributed by atoms with Gasteiger partial charge in [-0.1, -0.05) is 6.07 Å². The molecule has 2 rings (SSSR count). The van der Waals surface area contributed by atoms with Crippen molar-refractivity contribution < 1.29 is 23.1 Å². The molecule has 0 saturated carbocycles. The van der Waals surface area contributed by atoms with Gasteiger partial charge in [0, 0.05) is 38.4 Å². The smallest absolute Gasteiger partial charge is 0.344 e. The fourth-order valence-corrected chi connectivity index (χ4v) is 2.83. The molecule has 0 bridgehead atoms. The molecule has 1 saturated heterocycles. The Bertz CT molecular complexity index is 796. The first-order valence-corrected chi connectivity index (χ1v) is 9.15. The molecule has 1 aromatic carbocycles. The SMILES string of the molecule is C/C(N)=C(\C(=O)OCC(=O)c1c(F)cccc1F)C(N)=NCCN1CCNCC1. The summed E-state index contributed by atoms with van der Waals surface area (Å²) in [4.78, 5) is 30.7. The highest BCUT2D eigenvalue weighted by atomic mass is 19.1. The molecular formula is C19H25F2N5O3. The Balaban J connectivity index is 1.97. The predicted molar refractivity (Wildman–Crippen MR) is 104 cm³/mol. The number of amidine groups is 1. The Morgan fingerprint density at radius 1 is 1.21 bits per heavy atom. The number of hydrogen-bond donors (Lipinski definition) is 3. The van der Waals surface area contributed by atoms with Gasteiger partial charge in [0.2, 0.25) is 5.78 Å². The number of ether oxygens (including phenoxy) is 1. The second-order valence-corrected chi connectivity index (χ2v) is 6.51. The van der Waals surface area contributed by atoms with Crippen LogP contribution >= 0.6 is 0 Å². The summed E-state index contributed by atoms with van der Waals surface area (Å²) in [6, 6.07) is 3.01. The van der Waals surface area contributed by atoms with Crippen molar-refractivity contribution in [3.05, 3.63) is 46.7 Å². The summed E-state index contributed by atoms with van der Waals surface area (Å²) in [6.07, 6.45) is 0. The molecule has 1 heterocycles. The maximum absolute atomic E-state index is 13.7. The molecule has 0 amide bonds. The highest BCUT2D eigenvalue weighted by molar-refractivity contribution is 6.19. The summed E-state index contributed by atoms with van der Waals surface area (Å²) in [5, 5.41) is 3.24. The lowest BCUT2D eigenvalue weighted by molar-refractivity contribution is -0.137. The number of aliphatic imine (C=N–C) groups is 1. The van der Waals surface area contributed by atoms with Gasteiger partial charge in [0.25, 0.3) is 0 Å². The van der Waals surface area contributed by atoms with Gasteiger partial charge in [-0.05, 0) is 19.1 Å². The molecule has 0 spiro atoms. The summed E-state index contributed by atoms with van der Waals surface area (Å²) in [5.41, 5.74) is 10.7. The number of piperazine rings is 1. The molecule has 29 heavy (non-hydrogen) atoms. The number of halogens is 2. The maximum Gasteiger partial charge on any atom is 0.344 e. The fraction of sp³-hybridized carbons (Fsp3) is 0.421. The Hall–Kier alpha value is -2.85. The van der Waals surface area contributed by atoms with Crippen LogP contribution in [0, 0.1) is 11.6 Å². The Morgan fingerprint density at radius 2 is 1.83 bits per heavy atom. The number of rotatable bonds is 8. The van der Waals surface area contributed by atoms with E-state index in [9.17, 15) is 18.4 Å². The zero-order chi connectivity index (χ0) is 21.4. The van der Waals surface area contributed by atoms with Gasteiger partial charge in [-0.2, -0.15) is 0 Å². The molecule has 1 fully saturated rings. The maximum atomic E-state index is 13.7. The Kier molecular flexibility index (Phi) is 8.22. The molecule has 1 aliphatic rings. The van der Waals surface area contributed by atoms with Crippen molar-refractivity contribution in [2.75, 3.05) is 45.9 Å². The molecule has 5 N–H and O–H groups in total. The van der Waals surface area contributed by atoms with Gasteiger partial charge in [-0.3, -0.25) is 14.7 Å². The minimum atomic E-state index is -1.04. The van der Waals surface area contributed by atoms with Crippen LogP contribution in [-0.4, -0.2) is 68.4 Å². The van der Waals surface area contributed by atoms with Crippen LogP contribution in [0.5, 0.6) is 0 Å². The van der Waals surface area contributed by atoms with E-state index >= 15 is 0 Å². The van der Waals surface area contributed by atoms with Crippen LogP contribution in [0.4, 0.5) is 8.78 Å². The van der Waals surface area contributed by atoms with E-state index in [2.05, 4.69) is 15.2 Å². The third kappa shape index (κ3) is 6.33. The van der Waals surface area contributed by atoms with Crippen molar-refractivity contribution in [1.29, 1.82) is 0 Å². The number of esters is 1. The van der Waals surface area contributed by atoms with E-state index in [-0.39, 0.29) is 17.1 Å². The van der Waals surface area contributed by atoms with E-state index in [1.165, 1.54) is 6.92 Å². The molecule has 1 aliphatic heterocycles. The summed E-state index contributed by atoms with van der Waals surface area (Å²) in [5.74, 6) is -4.19. The molecular weight excluding hydrogens is 384 g/mol. The van der Waals surface area contributed by atoms with Crippen molar-refractivity contribution in [2.24, 2.45) is 16.5 Å². The molecule has 158 valence electrons. The second-order valence-electron chi connectivity index (χ2n) is 6.51. The van der Waals surface area contributed by atoms with Crippen LogP contribution in [-0.2, 0) is 9.53 Å². The summed E-state index contributed by atoms with van der Waals surface area (Å²) >= 11 is 0. The molecule has 1 aromatic rings. The van der Waals surface area contributed by atoms with Gasteiger partial charge in [0.05, 0.1) is 12.1 Å². The van der Waals surface area contributed by atoms with E-state index in [0.717, 1.165) is 44.4 Å². The molecule has 0 radical (unpaired) electrons. The zero-order valence-electron chi connectivity index (χ0n) is 16.2. The average molecular weight is 409 g/mol. The van der Waals surface area contributed by atoms with Gasteiger partial charge in [-0.25, -0.2) is 13.6 Å². The number of ketones is 1. The van der Waals surface area contributed by atoms with Crippen LogP contribution < -0.4 is 16.8 Å². The molecule has 0 aliphatic carbocycles. The molecule has 0 aromatic heterocycles. The van der Waals surface area contributed by atoms with E-state index in [1.54, 1.807) is 0 Å². The topological polar surface area (TPSA) is 123 Å². The van der Waals surface area contributed by atoms with Crippen LogP contribution in [0.15, 0.2) is 34.5 Å². The lowest BCUT2D eigenvalue weighted by Gasteiger charge is -2.26. The number of allylic oxidation sites excluding steroid dienone is 1. The van der Waals surface area contributed by atoms with Gasteiger partial charge < -0.3 is 21.5 Å². The summed E-state index contributed by atoms with van der Waals surface area (Å²) < 4.78 is 32.2. The highest BCUT2D eigenvalue weighted by Crippen LogP contribution is 2.13. The minimum absolute atomic E-state index is 0.0583. The largest absolute Gasteiger partial charge is 0.454 e. The molecule has 8 nitrogen and oxygen atoms in total. The number of nitrogens with zero attached hydrogens (tertiary/aromatic N) is 2. The Morgan fingerprint density at radius 3 is 2.41 bits per heavy atom. The zero-order valence-corrected chi connectivity index (χ0v) is 16.2. The van der Waals surface area contributed by atoms with E-state index in [4.69, 9.17) is 16.2 Å². The number of carbonyl (C=O) groups is 2. The third-order valence-electron chi connectivity index (χ3n) is 4.34. The van der Waals surface area contributed by atoms with Crippen molar-refractivity contribution >= 4 is 17.6 Å². The average Bonchev–Trinajstić information content (AvgIpc) is 2.67. The van der Waals surface area contributed by atoms with Gasteiger partial charge in [0.15, 0.2) is 6.61 Å². The van der Waals surface area contributed by atoms with Crippen LogP contribution in [0.2, 0.25) is 0 Å². The number of hydrogen-bond acceptors (Lipinski definition) is 7. The number of nitrogens with two attached hydrogens (primary N) is 2. The third-order valence-corrected chi connectivity index (χ3v) is 4.34. The van der Waals surface area contributed by atoms with Crippen molar-refractivity contribution in [1.82, 2.24) is 10.2 Å².